The molecule has 0 radical (unpaired) electrons. The molecule has 1 aromatic carbocycles. The standard InChI is InChI=1S/C16H22N2O2/c1-12(18(5)15(19)20-16(2,3)4)9-13-7-6-8-14(10-13)11-17/h6-8,10,12H,9H2,1-5H3/t12-/m0/s1. The maximum atomic E-state index is 12.0. The molecule has 0 bridgehead atoms. The molecule has 0 aliphatic rings. The highest BCUT2D eigenvalue weighted by Gasteiger charge is 2.22. The molecule has 0 aliphatic heterocycles. The number of ether oxygens (including phenoxy) is 1. The van der Waals surface area contributed by atoms with E-state index in [1.807, 2.05) is 45.9 Å². The number of benzene rings is 1. The van der Waals surface area contributed by atoms with E-state index in [9.17, 15) is 4.79 Å². The second-order valence-corrected chi connectivity index (χ2v) is 5.96. The van der Waals surface area contributed by atoms with Gasteiger partial charge in [-0.2, -0.15) is 5.26 Å². The van der Waals surface area contributed by atoms with Crippen LogP contribution in [0.3, 0.4) is 0 Å². The lowest BCUT2D eigenvalue weighted by Gasteiger charge is -2.28. The largest absolute Gasteiger partial charge is 0.444 e. The van der Waals surface area contributed by atoms with Crippen molar-refractivity contribution in [3.05, 3.63) is 35.4 Å². The molecule has 0 fully saturated rings. The highest BCUT2D eigenvalue weighted by molar-refractivity contribution is 5.68. The van der Waals surface area contributed by atoms with Gasteiger partial charge in [0.15, 0.2) is 0 Å². The van der Waals surface area contributed by atoms with Crippen LogP contribution in [0.4, 0.5) is 4.79 Å². The first-order valence-electron chi connectivity index (χ1n) is 6.68. The van der Waals surface area contributed by atoms with Crippen molar-refractivity contribution in [3.63, 3.8) is 0 Å². The SMILES string of the molecule is C[C@@H](Cc1cccc(C#N)c1)N(C)C(=O)OC(C)(C)C. The number of nitrogens with zero attached hydrogens (tertiary/aromatic N) is 2. The quantitative estimate of drug-likeness (QED) is 0.849. The lowest BCUT2D eigenvalue weighted by molar-refractivity contribution is 0.0236. The van der Waals surface area contributed by atoms with E-state index >= 15 is 0 Å². The molecule has 108 valence electrons. The molecule has 0 saturated heterocycles. The van der Waals surface area contributed by atoms with Crippen molar-refractivity contribution in [2.24, 2.45) is 0 Å². The molecule has 0 aliphatic carbocycles. The van der Waals surface area contributed by atoms with Crippen LogP contribution in [0.2, 0.25) is 0 Å². The summed E-state index contributed by atoms with van der Waals surface area (Å²) in [6.45, 7) is 7.50. The predicted octanol–water partition coefficient (Wildman–Crippen LogP) is 3.36. The third-order valence-corrected chi connectivity index (χ3v) is 2.93. The second-order valence-electron chi connectivity index (χ2n) is 5.96. The molecule has 1 rings (SSSR count). The van der Waals surface area contributed by atoms with Gasteiger partial charge >= 0.3 is 6.09 Å². The average Bonchev–Trinajstić information content (AvgIpc) is 2.36. The Morgan fingerprint density at radius 3 is 2.65 bits per heavy atom. The first kappa shape index (κ1) is 16.0. The Labute approximate surface area is 121 Å². The Morgan fingerprint density at radius 1 is 1.45 bits per heavy atom. The maximum absolute atomic E-state index is 12.0. The second kappa shape index (κ2) is 6.42. The van der Waals surface area contributed by atoms with Crippen LogP contribution in [0.15, 0.2) is 24.3 Å². The topological polar surface area (TPSA) is 53.3 Å². The zero-order chi connectivity index (χ0) is 15.3. The van der Waals surface area contributed by atoms with Crippen LogP contribution in [-0.4, -0.2) is 29.7 Å². The van der Waals surface area contributed by atoms with Crippen LogP contribution in [0.25, 0.3) is 0 Å². The Bertz CT molecular complexity index is 512. The number of carbonyl (C=O) groups is 1. The van der Waals surface area contributed by atoms with E-state index in [-0.39, 0.29) is 12.1 Å². The van der Waals surface area contributed by atoms with E-state index in [4.69, 9.17) is 10.00 Å². The number of nitriles is 1. The van der Waals surface area contributed by atoms with Gasteiger partial charge in [-0.1, -0.05) is 12.1 Å². The van der Waals surface area contributed by atoms with Crippen molar-refractivity contribution in [1.82, 2.24) is 4.90 Å². The van der Waals surface area contributed by atoms with Crippen LogP contribution in [0.1, 0.15) is 38.8 Å². The van der Waals surface area contributed by atoms with E-state index in [0.717, 1.165) is 5.56 Å². The highest BCUT2D eigenvalue weighted by Crippen LogP contribution is 2.14. The summed E-state index contributed by atoms with van der Waals surface area (Å²) in [7, 11) is 1.73. The number of hydrogen-bond donors (Lipinski definition) is 0. The lowest BCUT2D eigenvalue weighted by Crippen LogP contribution is -2.40. The summed E-state index contributed by atoms with van der Waals surface area (Å²) in [6.07, 6.45) is 0.354. The smallest absolute Gasteiger partial charge is 0.410 e. The summed E-state index contributed by atoms with van der Waals surface area (Å²) in [4.78, 5) is 13.6. The molecular weight excluding hydrogens is 252 g/mol. The van der Waals surface area contributed by atoms with Crippen molar-refractivity contribution in [3.8, 4) is 6.07 Å². The van der Waals surface area contributed by atoms with Crippen LogP contribution < -0.4 is 0 Å². The van der Waals surface area contributed by atoms with Gasteiger partial charge in [-0.05, 0) is 51.8 Å². The molecule has 1 atom stereocenters. The van der Waals surface area contributed by atoms with Crippen molar-refractivity contribution < 1.29 is 9.53 Å². The van der Waals surface area contributed by atoms with Crippen LogP contribution in [0.5, 0.6) is 0 Å². The minimum atomic E-state index is -0.494. The summed E-state index contributed by atoms with van der Waals surface area (Å²) < 4.78 is 5.34. The van der Waals surface area contributed by atoms with Crippen LogP contribution in [0, 0.1) is 11.3 Å². The molecular formula is C16H22N2O2. The minimum absolute atomic E-state index is 0.00112. The first-order chi connectivity index (χ1) is 9.23. The van der Waals surface area contributed by atoms with Crippen molar-refractivity contribution in [1.29, 1.82) is 5.26 Å². The molecule has 4 nitrogen and oxygen atoms in total. The molecule has 20 heavy (non-hydrogen) atoms. The Balaban J connectivity index is 2.68. The summed E-state index contributed by atoms with van der Waals surface area (Å²) in [5.41, 5.74) is 1.17. The molecule has 0 heterocycles. The monoisotopic (exact) mass is 274 g/mol. The Morgan fingerprint density at radius 2 is 2.10 bits per heavy atom. The molecule has 0 saturated carbocycles. The van der Waals surface area contributed by atoms with Gasteiger partial charge in [0.1, 0.15) is 5.60 Å². The predicted molar refractivity (Wildman–Crippen MR) is 78.3 cm³/mol. The van der Waals surface area contributed by atoms with Crippen molar-refractivity contribution >= 4 is 6.09 Å². The van der Waals surface area contributed by atoms with Crippen molar-refractivity contribution in [2.75, 3.05) is 7.05 Å². The van der Waals surface area contributed by atoms with E-state index in [2.05, 4.69) is 6.07 Å². The molecule has 0 spiro atoms. The Hall–Kier alpha value is -2.02. The number of rotatable bonds is 3. The average molecular weight is 274 g/mol. The van der Waals surface area contributed by atoms with E-state index in [1.165, 1.54) is 0 Å². The highest BCUT2D eigenvalue weighted by atomic mass is 16.6. The Kier molecular flexibility index (Phi) is 5.15. The summed E-state index contributed by atoms with van der Waals surface area (Å²) in [6, 6.07) is 9.55. The molecule has 1 amide bonds. The van der Waals surface area contributed by atoms with Crippen LogP contribution >= 0.6 is 0 Å². The van der Waals surface area contributed by atoms with Gasteiger partial charge in [0, 0.05) is 13.1 Å². The van der Waals surface area contributed by atoms with Crippen LogP contribution in [-0.2, 0) is 11.2 Å². The van der Waals surface area contributed by atoms with Gasteiger partial charge in [0.25, 0.3) is 0 Å². The van der Waals surface area contributed by atoms with E-state index in [0.29, 0.717) is 12.0 Å². The summed E-state index contributed by atoms with van der Waals surface area (Å²) in [5.74, 6) is 0. The molecule has 0 N–H and O–H groups in total. The van der Waals surface area contributed by atoms with E-state index in [1.54, 1.807) is 18.0 Å². The summed E-state index contributed by atoms with van der Waals surface area (Å²) >= 11 is 0. The maximum Gasteiger partial charge on any atom is 0.410 e. The normalized spacial score (nSPS) is 12.4. The fraction of sp³-hybridized carbons (Fsp3) is 0.500. The van der Waals surface area contributed by atoms with Gasteiger partial charge in [0.05, 0.1) is 11.6 Å². The lowest BCUT2D eigenvalue weighted by atomic mass is 10.0. The summed E-state index contributed by atoms with van der Waals surface area (Å²) in [5, 5.41) is 8.89. The number of hydrogen-bond acceptors (Lipinski definition) is 3. The van der Waals surface area contributed by atoms with E-state index < -0.39 is 5.60 Å². The zero-order valence-corrected chi connectivity index (χ0v) is 12.8. The zero-order valence-electron chi connectivity index (χ0n) is 12.8. The van der Waals surface area contributed by atoms with Gasteiger partial charge in [0.2, 0.25) is 0 Å². The van der Waals surface area contributed by atoms with Gasteiger partial charge in [-0.15, -0.1) is 0 Å². The fourth-order valence-corrected chi connectivity index (χ4v) is 1.76. The first-order valence-corrected chi connectivity index (χ1v) is 6.68. The minimum Gasteiger partial charge on any atom is -0.444 e. The molecule has 1 aromatic rings. The van der Waals surface area contributed by atoms with Gasteiger partial charge < -0.3 is 9.64 Å². The molecule has 4 heteroatoms. The fourth-order valence-electron chi connectivity index (χ4n) is 1.76. The third kappa shape index (κ3) is 4.93. The van der Waals surface area contributed by atoms with Crippen molar-refractivity contribution in [2.45, 2.75) is 45.8 Å². The van der Waals surface area contributed by atoms with Gasteiger partial charge in [-0.25, -0.2) is 4.79 Å². The third-order valence-electron chi connectivity index (χ3n) is 2.93. The number of carbonyl (C=O) groups excluding carboxylic acids is 1. The number of amides is 1. The molecule has 0 unspecified atom stereocenters. The van der Waals surface area contributed by atoms with Gasteiger partial charge in [-0.3, -0.25) is 0 Å². The molecule has 0 aromatic heterocycles. The number of likely N-dealkylation sites (N-methyl/N-ethyl adjacent to an activating group) is 1.